The minimum Gasteiger partial charge on any atom is -0.339 e. The van der Waals surface area contributed by atoms with Crippen LogP contribution in [0.15, 0.2) is 33.7 Å². The third-order valence-corrected chi connectivity index (χ3v) is 4.48. The maximum Gasteiger partial charge on any atom is 0.232 e. The van der Waals surface area contributed by atoms with E-state index in [0.717, 1.165) is 0 Å². The van der Waals surface area contributed by atoms with Gasteiger partial charge < -0.3 is 4.52 Å². The van der Waals surface area contributed by atoms with E-state index in [1.54, 1.807) is 0 Å². The van der Waals surface area contributed by atoms with Gasteiger partial charge in [0.05, 0.1) is 4.90 Å². The first kappa shape index (κ1) is 15.0. The maximum absolute atomic E-state index is 12.2. The fourth-order valence-electron chi connectivity index (χ4n) is 1.51. The van der Waals surface area contributed by atoms with Crippen molar-refractivity contribution in [3.8, 4) is 0 Å². The van der Waals surface area contributed by atoms with Crippen LogP contribution in [0.1, 0.15) is 32.5 Å². The highest BCUT2D eigenvalue weighted by molar-refractivity contribution is 7.90. The zero-order valence-electron chi connectivity index (χ0n) is 11.4. The Balaban J connectivity index is 2.25. The number of rotatable bonds is 3. The molecule has 0 bridgehead atoms. The second-order valence-electron chi connectivity index (χ2n) is 5.48. The molecule has 108 valence electrons. The van der Waals surface area contributed by atoms with E-state index in [9.17, 15) is 8.42 Å². The molecule has 0 fully saturated rings. The lowest BCUT2D eigenvalue weighted by Gasteiger charge is -2.10. The second kappa shape index (κ2) is 5.18. The van der Waals surface area contributed by atoms with Crippen molar-refractivity contribution in [1.29, 1.82) is 0 Å². The molecule has 2 aromatic rings. The van der Waals surface area contributed by atoms with E-state index in [1.807, 2.05) is 20.8 Å². The molecule has 7 heteroatoms. The molecule has 0 saturated carbocycles. The average Bonchev–Trinajstić information content (AvgIpc) is 2.77. The maximum atomic E-state index is 12.2. The Labute approximate surface area is 122 Å². The van der Waals surface area contributed by atoms with Gasteiger partial charge in [-0.25, -0.2) is 8.42 Å². The first-order valence-electron chi connectivity index (χ1n) is 6.00. The molecule has 0 atom stereocenters. The SMILES string of the molecule is CC(C)(C)c1nc(CS(=O)(=O)c2ccc(Cl)cc2)no1. The summed E-state index contributed by atoms with van der Waals surface area (Å²) in [6.45, 7) is 5.74. The zero-order chi connectivity index (χ0) is 15.0. The monoisotopic (exact) mass is 314 g/mol. The van der Waals surface area contributed by atoms with E-state index in [4.69, 9.17) is 16.1 Å². The van der Waals surface area contributed by atoms with Gasteiger partial charge in [-0.15, -0.1) is 0 Å². The normalized spacial score (nSPS) is 12.6. The van der Waals surface area contributed by atoms with E-state index in [-0.39, 0.29) is 21.9 Å². The topological polar surface area (TPSA) is 73.1 Å². The summed E-state index contributed by atoms with van der Waals surface area (Å²) in [7, 11) is -3.51. The summed E-state index contributed by atoms with van der Waals surface area (Å²) >= 11 is 5.74. The molecule has 20 heavy (non-hydrogen) atoms. The fourth-order valence-corrected chi connectivity index (χ4v) is 2.81. The van der Waals surface area contributed by atoms with Crippen LogP contribution in [0.2, 0.25) is 5.02 Å². The second-order valence-corrected chi connectivity index (χ2v) is 7.90. The minimum absolute atomic E-state index is 0.157. The van der Waals surface area contributed by atoms with Crippen LogP contribution in [-0.2, 0) is 21.0 Å². The van der Waals surface area contributed by atoms with Crippen molar-refractivity contribution in [2.75, 3.05) is 0 Å². The quantitative estimate of drug-likeness (QED) is 0.870. The molecule has 2 rings (SSSR count). The first-order chi connectivity index (χ1) is 9.18. The Kier molecular flexibility index (Phi) is 3.88. The number of aromatic nitrogens is 2. The Bertz CT molecular complexity index is 700. The van der Waals surface area contributed by atoms with Crippen LogP contribution in [0.4, 0.5) is 0 Å². The molecule has 0 aliphatic rings. The largest absolute Gasteiger partial charge is 0.339 e. The molecule has 0 N–H and O–H groups in total. The first-order valence-corrected chi connectivity index (χ1v) is 8.03. The molecular formula is C13H15ClN2O3S. The summed E-state index contributed by atoms with van der Waals surface area (Å²) in [6, 6.07) is 5.99. The van der Waals surface area contributed by atoms with E-state index in [1.165, 1.54) is 24.3 Å². The van der Waals surface area contributed by atoms with E-state index in [2.05, 4.69) is 10.1 Å². The van der Waals surface area contributed by atoms with Crippen LogP contribution >= 0.6 is 11.6 Å². The molecular weight excluding hydrogens is 300 g/mol. The Morgan fingerprint density at radius 3 is 2.30 bits per heavy atom. The van der Waals surface area contributed by atoms with Gasteiger partial charge in [-0.2, -0.15) is 4.98 Å². The summed E-state index contributed by atoms with van der Waals surface area (Å²) in [5, 5.41) is 4.20. The van der Waals surface area contributed by atoms with Gasteiger partial charge in [0.1, 0.15) is 5.75 Å². The number of hydrogen-bond acceptors (Lipinski definition) is 5. The van der Waals surface area contributed by atoms with Crippen LogP contribution in [0.3, 0.4) is 0 Å². The van der Waals surface area contributed by atoms with E-state index < -0.39 is 9.84 Å². The lowest BCUT2D eigenvalue weighted by molar-refractivity contribution is 0.319. The molecule has 0 spiro atoms. The summed E-state index contributed by atoms with van der Waals surface area (Å²) in [4.78, 5) is 4.31. The number of nitrogens with zero attached hydrogens (tertiary/aromatic N) is 2. The van der Waals surface area contributed by atoms with Crippen molar-refractivity contribution < 1.29 is 12.9 Å². The molecule has 0 amide bonds. The predicted molar refractivity (Wildman–Crippen MR) is 75.3 cm³/mol. The lowest BCUT2D eigenvalue weighted by Crippen LogP contribution is -2.12. The molecule has 0 aliphatic carbocycles. The molecule has 1 heterocycles. The highest BCUT2D eigenvalue weighted by Gasteiger charge is 2.24. The van der Waals surface area contributed by atoms with Gasteiger partial charge in [-0.05, 0) is 24.3 Å². The van der Waals surface area contributed by atoms with Crippen LogP contribution in [-0.4, -0.2) is 18.6 Å². The van der Waals surface area contributed by atoms with Gasteiger partial charge in [-0.1, -0.05) is 37.5 Å². The van der Waals surface area contributed by atoms with Gasteiger partial charge in [0, 0.05) is 10.4 Å². The smallest absolute Gasteiger partial charge is 0.232 e. The molecule has 0 radical (unpaired) electrons. The third-order valence-electron chi connectivity index (χ3n) is 2.60. The number of sulfone groups is 1. The van der Waals surface area contributed by atoms with Crippen LogP contribution < -0.4 is 0 Å². The van der Waals surface area contributed by atoms with Crippen molar-refractivity contribution in [2.24, 2.45) is 0 Å². The van der Waals surface area contributed by atoms with Gasteiger partial charge in [-0.3, -0.25) is 0 Å². The van der Waals surface area contributed by atoms with Crippen LogP contribution in [0.25, 0.3) is 0 Å². The summed E-state index contributed by atoms with van der Waals surface area (Å²) in [6.07, 6.45) is 0. The molecule has 1 aromatic heterocycles. The van der Waals surface area contributed by atoms with Crippen molar-refractivity contribution >= 4 is 21.4 Å². The summed E-state index contributed by atoms with van der Waals surface area (Å²) in [5.74, 6) is 0.275. The minimum atomic E-state index is -3.51. The Morgan fingerprint density at radius 2 is 1.80 bits per heavy atom. The highest BCUT2D eigenvalue weighted by atomic mass is 35.5. The summed E-state index contributed by atoms with van der Waals surface area (Å²) < 4.78 is 29.5. The van der Waals surface area contributed by atoms with Crippen molar-refractivity contribution in [2.45, 2.75) is 36.8 Å². The third kappa shape index (κ3) is 3.37. The number of halogens is 1. The average molecular weight is 315 g/mol. The van der Waals surface area contributed by atoms with Gasteiger partial charge in [0.15, 0.2) is 15.7 Å². The van der Waals surface area contributed by atoms with Crippen LogP contribution in [0.5, 0.6) is 0 Å². The highest BCUT2D eigenvalue weighted by Crippen LogP contribution is 2.22. The fraction of sp³-hybridized carbons (Fsp3) is 0.385. The number of hydrogen-bond donors (Lipinski definition) is 0. The van der Waals surface area contributed by atoms with Crippen molar-refractivity contribution in [1.82, 2.24) is 10.1 Å². The Morgan fingerprint density at radius 1 is 1.20 bits per heavy atom. The Hall–Kier alpha value is -1.40. The standard InChI is InChI=1S/C13H15ClN2O3S/c1-13(2,3)12-15-11(16-19-12)8-20(17,18)10-6-4-9(14)5-7-10/h4-7H,8H2,1-3H3. The van der Waals surface area contributed by atoms with Crippen molar-refractivity contribution in [3.05, 3.63) is 41.0 Å². The lowest BCUT2D eigenvalue weighted by atomic mass is 9.97. The van der Waals surface area contributed by atoms with Gasteiger partial charge in [0.2, 0.25) is 5.89 Å². The molecule has 0 unspecified atom stereocenters. The predicted octanol–water partition coefficient (Wildman–Crippen LogP) is 2.99. The molecule has 5 nitrogen and oxygen atoms in total. The van der Waals surface area contributed by atoms with Gasteiger partial charge >= 0.3 is 0 Å². The van der Waals surface area contributed by atoms with E-state index >= 15 is 0 Å². The zero-order valence-corrected chi connectivity index (χ0v) is 13.0. The number of benzene rings is 1. The molecule has 1 aromatic carbocycles. The van der Waals surface area contributed by atoms with E-state index in [0.29, 0.717) is 10.9 Å². The molecule has 0 saturated heterocycles. The van der Waals surface area contributed by atoms with Crippen molar-refractivity contribution in [3.63, 3.8) is 0 Å². The van der Waals surface area contributed by atoms with Gasteiger partial charge in [0.25, 0.3) is 0 Å². The summed E-state index contributed by atoms with van der Waals surface area (Å²) in [5.41, 5.74) is -0.310. The molecule has 0 aliphatic heterocycles. The van der Waals surface area contributed by atoms with Crippen LogP contribution in [0, 0.1) is 0 Å².